The topological polar surface area (TPSA) is 56.2 Å². The number of aromatic nitrogens is 2. The fourth-order valence-electron chi connectivity index (χ4n) is 3.11. The second kappa shape index (κ2) is 10.3. The predicted octanol–water partition coefficient (Wildman–Crippen LogP) is 6.86. The van der Waals surface area contributed by atoms with Crippen molar-refractivity contribution in [3.05, 3.63) is 111 Å². The van der Waals surface area contributed by atoms with Crippen molar-refractivity contribution in [3.8, 4) is 5.75 Å². The van der Waals surface area contributed by atoms with Crippen molar-refractivity contribution in [3.63, 3.8) is 0 Å². The average molecular weight is 505 g/mol. The number of benzene rings is 3. The molecule has 168 valence electrons. The van der Waals surface area contributed by atoms with Crippen LogP contribution < -0.4 is 10.1 Å². The Balaban J connectivity index is 1.40. The molecule has 0 aliphatic carbocycles. The third-order valence-electron chi connectivity index (χ3n) is 4.76. The molecule has 0 aliphatic rings. The lowest BCUT2D eigenvalue weighted by Crippen LogP contribution is -2.13. The summed E-state index contributed by atoms with van der Waals surface area (Å²) in [6.07, 6.45) is 1.64. The minimum Gasteiger partial charge on any atom is -0.487 e. The fourth-order valence-corrected chi connectivity index (χ4v) is 3.68. The number of carbonyl (C=O) groups is 1. The van der Waals surface area contributed by atoms with Crippen LogP contribution in [0.25, 0.3) is 0 Å². The van der Waals surface area contributed by atoms with Gasteiger partial charge in [0.1, 0.15) is 23.2 Å². The van der Waals surface area contributed by atoms with Gasteiger partial charge in [-0.15, -0.1) is 0 Å². The first-order chi connectivity index (χ1) is 15.9. The molecule has 5 nitrogen and oxygen atoms in total. The maximum atomic E-state index is 14.0. The van der Waals surface area contributed by atoms with Crippen molar-refractivity contribution in [1.29, 1.82) is 0 Å². The second-order valence-electron chi connectivity index (χ2n) is 7.09. The van der Waals surface area contributed by atoms with E-state index in [1.54, 1.807) is 60.8 Å². The lowest BCUT2D eigenvalue weighted by Gasteiger charge is -2.10. The highest BCUT2D eigenvalue weighted by Gasteiger charge is 2.12. The Kier molecular flexibility index (Phi) is 7.18. The highest BCUT2D eigenvalue weighted by molar-refractivity contribution is 6.42. The van der Waals surface area contributed by atoms with Gasteiger partial charge in [-0.2, -0.15) is 5.10 Å². The van der Waals surface area contributed by atoms with Crippen LogP contribution in [0, 0.1) is 5.82 Å². The summed E-state index contributed by atoms with van der Waals surface area (Å²) in [6, 6.07) is 18.2. The molecule has 1 heterocycles. The van der Waals surface area contributed by atoms with Crippen LogP contribution in [0.3, 0.4) is 0 Å². The van der Waals surface area contributed by atoms with E-state index in [2.05, 4.69) is 10.4 Å². The molecule has 0 fully saturated rings. The van der Waals surface area contributed by atoms with Crippen LogP contribution in [0.5, 0.6) is 5.75 Å². The van der Waals surface area contributed by atoms with Crippen molar-refractivity contribution in [2.24, 2.45) is 0 Å². The van der Waals surface area contributed by atoms with Gasteiger partial charge >= 0.3 is 0 Å². The molecule has 1 amide bonds. The van der Waals surface area contributed by atoms with E-state index in [1.165, 1.54) is 10.7 Å². The first-order valence-electron chi connectivity index (χ1n) is 9.84. The second-order valence-corrected chi connectivity index (χ2v) is 8.29. The van der Waals surface area contributed by atoms with Crippen LogP contribution in [0.4, 0.5) is 10.2 Å². The Labute approximate surface area is 204 Å². The molecule has 0 spiro atoms. The molecule has 1 aromatic heterocycles. The van der Waals surface area contributed by atoms with Gasteiger partial charge in [-0.25, -0.2) is 4.39 Å². The molecule has 0 saturated heterocycles. The van der Waals surface area contributed by atoms with E-state index in [0.717, 1.165) is 5.56 Å². The summed E-state index contributed by atoms with van der Waals surface area (Å²) < 4.78 is 21.2. The number of nitrogens with one attached hydrogen (secondary N) is 1. The predicted molar refractivity (Wildman–Crippen MR) is 128 cm³/mol. The van der Waals surface area contributed by atoms with Gasteiger partial charge in [-0.3, -0.25) is 9.48 Å². The first-order valence-corrected chi connectivity index (χ1v) is 11.0. The zero-order valence-electron chi connectivity index (χ0n) is 17.1. The Bertz CT molecular complexity index is 1290. The molecule has 9 heteroatoms. The van der Waals surface area contributed by atoms with Crippen LogP contribution >= 0.6 is 34.8 Å². The molecular weight excluding hydrogens is 488 g/mol. The van der Waals surface area contributed by atoms with E-state index >= 15 is 0 Å². The fraction of sp³-hybridized carbons (Fsp3) is 0.0833. The van der Waals surface area contributed by atoms with Crippen molar-refractivity contribution in [2.75, 3.05) is 5.32 Å². The van der Waals surface area contributed by atoms with Crippen LogP contribution in [0.2, 0.25) is 15.1 Å². The molecule has 0 radical (unpaired) electrons. The summed E-state index contributed by atoms with van der Waals surface area (Å²) in [5.74, 6) is 0.0350. The summed E-state index contributed by atoms with van der Waals surface area (Å²) in [5, 5.41) is 8.06. The maximum absolute atomic E-state index is 14.0. The minimum atomic E-state index is -0.415. The van der Waals surface area contributed by atoms with Crippen LogP contribution in [0.1, 0.15) is 21.5 Å². The van der Waals surface area contributed by atoms with E-state index in [4.69, 9.17) is 39.5 Å². The van der Waals surface area contributed by atoms with Crippen molar-refractivity contribution in [2.45, 2.75) is 13.2 Å². The van der Waals surface area contributed by atoms with E-state index < -0.39 is 5.82 Å². The number of ether oxygens (including phenoxy) is 1. The number of anilines is 1. The molecular formula is C24H17Cl3FN3O2. The molecule has 0 bridgehead atoms. The van der Waals surface area contributed by atoms with Gasteiger partial charge in [0, 0.05) is 28.4 Å². The molecule has 0 unspecified atom stereocenters. The largest absolute Gasteiger partial charge is 0.487 e. The van der Waals surface area contributed by atoms with Crippen molar-refractivity contribution in [1.82, 2.24) is 9.78 Å². The zero-order chi connectivity index (χ0) is 23.4. The van der Waals surface area contributed by atoms with Crippen molar-refractivity contribution >= 4 is 46.5 Å². The quantitative estimate of drug-likeness (QED) is 0.299. The normalized spacial score (nSPS) is 10.8. The van der Waals surface area contributed by atoms with Gasteiger partial charge in [-0.05, 0) is 42.0 Å². The molecule has 0 saturated carbocycles. The number of carbonyl (C=O) groups excluding carboxylic acids is 1. The van der Waals surface area contributed by atoms with E-state index in [-0.39, 0.29) is 19.1 Å². The summed E-state index contributed by atoms with van der Waals surface area (Å²) in [5.41, 5.74) is 1.53. The van der Waals surface area contributed by atoms with Crippen molar-refractivity contribution < 1.29 is 13.9 Å². The standard InChI is InChI=1S/C24H17Cl3FN3O2/c25-18-6-2-8-20(28)17(18)13-31-11-10-22(30-31)29-24(32)16-5-1-4-15(12-16)14-33-21-9-3-7-19(26)23(21)27/h1-12H,13-14H2,(H,29,30,32). The third-order valence-corrected chi connectivity index (χ3v) is 5.92. The zero-order valence-corrected chi connectivity index (χ0v) is 19.3. The lowest BCUT2D eigenvalue weighted by atomic mass is 10.1. The van der Waals surface area contributed by atoms with E-state index in [9.17, 15) is 9.18 Å². The van der Waals surface area contributed by atoms with Gasteiger partial charge < -0.3 is 10.1 Å². The number of rotatable bonds is 7. The average Bonchev–Trinajstić information content (AvgIpc) is 3.24. The number of nitrogens with zero attached hydrogens (tertiary/aromatic N) is 2. The maximum Gasteiger partial charge on any atom is 0.256 e. The minimum absolute atomic E-state index is 0.139. The van der Waals surface area contributed by atoms with E-state index in [0.29, 0.717) is 37.8 Å². The van der Waals surface area contributed by atoms with Crippen LogP contribution in [-0.4, -0.2) is 15.7 Å². The van der Waals surface area contributed by atoms with Gasteiger partial charge in [0.2, 0.25) is 0 Å². The molecule has 0 aliphatic heterocycles. The van der Waals surface area contributed by atoms with Crippen LogP contribution in [-0.2, 0) is 13.2 Å². The number of hydrogen-bond donors (Lipinski definition) is 1. The lowest BCUT2D eigenvalue weighted by molar-refractivity contribution is 0.102. The monoisotopic (exact) mass is 503 g/mol. The smallest absolute Gasteiger partial charge is 0.256 e. The molecule has 33 heavy (non-hydrogen) atoms. The first kappa shape index (κ1) is 23.1. The SMILES string of the molecule is O=C(Nc1ccn(Cc2c(F)cccc2Cl)n1)c1cccc(COc2cccc(Cl)c2Cl)c1. The summed E-state index contributed by atoms with van der Waals surface area (Å²) in [6.45, 7) is 0.347. The number of halogens is 4. The summed E-state index contributed by atoms with van der Waals surface area (Å²) >= 11 is 18.2. The van der Waals surface area contributed by atoms with Gasteiger partial charge in [0.25, 0.3) is 5.91 Å². The van der Waals surface area contributed by atoms with Gasteiger partial charge in [-0.1, -0.05) is 59.1 Å². The number of amides is 1. The molecule has 3 aromatic carbocycles. The Hall–Kier alpha value is -3.06. The Morgan fingerprint density at radius 1 is 1.00 bits per heavy atom. The molecule has 0 atom stereocenters. The molecule has 1 N–H and O–H groups in total. The molecule has 4 aromatic rings. The highest BCUT2D eigenvalue weighted by atomic mass is 35.5. The highest BCUT2D eigenvalue weighted by Crippen LogP contribution is 2.32. The van der Waals surface area contributed by atoms with E-state index in [1.807, 2.05) is 6.07 Å². The third kappa shape index (κ3) is 5.66. The van der Waals surface area contributed by atoms with Gasteiger partial charge in [0.05, 0.1) is 11.6 Å². The Morgan fingerprint density at radius 2 is 1.76 bits per heavy atom. The molecule has 4 rings (SSSR count). The number of hydrogen-bond acceptors (Lipinski definition) is 3. The summed E-state index contributed by atoms with van der Waals surface area (Å²) in [7, 11) is 0. The Morgan fingerprint density at radius 3 is 2.58 bits per heavy atom. The van der Waals surface area contributed by atoms with Crippen LogP contribution in [0.15, 0.2) is 72.9 Å². The summed E-state index contributed by atoms with van der Waals surface area (Å²) in [4.78, 5) is 12.7. The van der Waals surface area contributed by atoms with Gasteiger partial charge in [0.15, 0.2) is 5.82 Å².